The quantitative estimate of drug-likeness (QED) is 0.538. The van der Waals surface area contributed by atoms with Crippen LogP contribution in [0.2, 0.25) is 0 Å². The number of imidazole rings is 1. The summed E-state index contributed by atoms with van der Waals surface area (Å²) in [7, 11) is 4.99. The van der Waals surface area contributed by atoms with Crippen molar-refractivity contribution in [1.29, 1.82) is 0 Å². The minimum Gasteiger partial charge on any atom is -0.457 e. The highest BCUT2D eigenvalue weighted by Gasteiger charge is 2.31. The Labute approximate surface area is 192 Å². The number of aromatic nitrogens is 2. The normalized spacial score (nSPS) is 14.0. The van der Waals surface area contributed by atoms with Gasteiger partial charge in [0, 0.05) is 39.8 Å². The number of alkyl halides is 3. The molecule has 7 nitrogen and oxygen atoms in total. The average molecular weight is 475 g/mol. The van der Waals surface area contributed by atoms with Gasteiger partial charge in [0.15, 0.2) is 0 Å². The second-order valence-electron chi connectivity index (χ2n) is 7.66. The lowest BCUT2D eigenvalue weighted by Crippen LogP contribution is -2.33. The summed E-state index contributed by atoms with van der Waals surface area (Å²) in [5, 5.41) is 5.22. The number of allylic oxidation sites excluding steroid dienone is 1. The Morgan fingerprint density at radius 3 is 2.62 bits per heavy atom. The van der Waals surface area contributed by atoms with Crippen molar-refractivity contribution in [1.82, 2.24) is 19.8 Å². The zero-order valence-corrected chi connectivity index (χ0v) is 18.5. The van der Waals surface area contributed by atoms with Crippen LogP contribution in [-0.4, -0.2) is 41.0 Å². The lowest BCUT2D eigenvalue weighted by atomic mass is 10.2. The second kappa shape index (κ2) is 8.73. The van der Waals surface area contributed by atoms with E-state index < -0.39 is 17.6 Å². The van der Waals surface area contributed by atoms with Gasteiger partial charge in [0.05, 0.1) is 22.3 Å². The number of carbonyl (C=O) groups excluding carboxylic acids is 1. The first kappa shape index (κ1) is 23.1. The van der Waals surface area contributed by atoms with Gasteiger partial charge in [-0.2, -0.15) is 13.2 Å². The molecule has 178 valence electrons. The molecule has 1 aromatic heterocycles. The molecule has 1 amide bonds. The zero-order chi connectivity index (χ0) is 24.6. The fourth-order valence-corrected chi connectivity index (χ4v) is 3.48. The van der Waals surface area contributed by atoms with E-state index in [1.165, 1.54) is 0 Å². The van der Waals surface area contributed by atoms with Crippen LogP contribution in [0.25, 0.3) is 11.0 Å². The van der Waals surface area contributed by atoms with Gasteiger partial charge in [-0.1, -0.05) is 0 Å². The van der Waals surface area contributed by atoms with E-state index in [-0.39, 0.29) is 17.5 Å². The van der Waals surface area contributed by atoms with Crippen LogP contribution < -0.4 is 15.4 Å². The van der Waals surface area contributed by atoms with E-state index in [9.17, 15) is 22.4 Å². The molecule has 34 heavy (non-hydrogen) atoms. The molecular formula is C23H21F4N5O2. The van der Waals surface area contributed by atoms with E-state index in [4.69, 9.17) is 4.74 Å². The van der Waals surface area contributed by atoms with Gasteiger partial charge in [-0.15, -0.1) is 0 Å². The third kappa shape index (κ3) is 4.54. The number of benzene rings is 2. The molecule has 2 heterocycles. The van der Waals surface area contributed by atoms with E-state index in [0.29, 0.717) is 46.9 Å². The molecule has 2 aromatic carbocycles. The number of ether oxygens (including phenoxy) is 1. The minimum atomic E-state index is -4.60. The predicted molar refractivity (Wildman–Crippen MR) is 119 cm³/mol. The zero-order valence-electron chi connectivity index (χ0n) is 18.5. The first-order valence-corrected chi connectivity index (χ1v) is 10.2. The number of fused-ring (bicyclic) bond motifs is 1. The van der Waals surface area contributed by atoms with E-state index in [1.807, 2.05) is 6.08 Å². The number of nitrogens with one attached hydrogen (secondary N) is 2. The maximum Gasteiger partial charge on any atom is 0.416 e. The summed E-state index contributed by atoms with van der Waals surface area (Å²) in [6, 6.07) is 7.22. The topological polar surface area (TPSA) is 71.4 Å². The minimum absolute atomic E-state index is 0.158. The highest BCUT2D eigenvalue weighted by molar-refractivity contribution is 5.93. The number of carbonyl (C=O) groups is 1. The Kier molecular flexibility index (Phi) is 5.94. The van der Waals surface area contributed by atoms with Gasteiger partial charge in [-0.25, -0.2) is 9.37 Å². The van der Waals surface area contributed by atoms with Crippen LogP contribution in [0.1, 0.15) is 5.56 Å². The molecule has 0 saturated heterocycles. The summed E-state index contributed by atoms with van der Waals surface area (Å²) in [5.74, 6) is 0.0131. The molecule has 2 N–H and O–H groups in total. The molecule has 0 radical (unpaired) electrons. The number of rotatable bonds is 5. The largest absolute Gasteiger partial charge is 0.457 e. The summed E-state index contributed by atoms with van der Waals surface area (Å²) in [4.78, 5) is 18.2. The Bertz CT molecular complexity index is 1330. The molecule has 0 spiro atoms. The lowest BCUT2D eigenvalue weighted by molar-refractivity contribution is -0.137. The molecule has 0 unspecified atom stereocenters. The van der Waals surface area contributed by atoms with Crippen LogP contribution >= 0.6 is 0 Å². The second-order valence-corrected chi connectivity index (χ2v) is 7.66. The maximum atomic E-state index is 14.2. The number of likely N-dealkylation sites (N-methyl/N-ethyl adjacent to an activating group) is 2. The van der Waals surface area contributed by atoms with Crippen molar-refractivity contribution in [3.63, 3.8) is 0 Å². The predicted octanol–water partition coefficient (Wildman–Crippen LogP) is 4.31. The van der Waals surface area contributed by atoms with E-state index >= 15 is 0 Å². The summed E-state index contributed by atoms with van der Waals surface area (Å²) >= 11 is 0. The summed E-state index contributed by atoms with van der Waals surface area (Å²) in [6.45, 7) is 0.483. The van der Waals surface area contributed by atoms with E-state index in [0.717, 1.165) is 6.07 Å². The van der Waals surface area contributed by atoms with Gasteiger partial charge in [-0.3, -0.25) is 4.79 Å². The number of anilines is 2. The monoisotopic (exact) mass is 475 g/mol. The number of amides is 1. The lowest BCUT2D eigenvalue weighted by Gasteiger charge is -2.24. The van der Waals surface area contributed by atoms with Crippen molar-refractivity contribution in [2.75, 3.05) is 26.0 Å². The molecule has 0 fully saturated rings. The number of hydrogen-bond donors (Lipinski definition) is 2. The Morgan fingerprint density at radius 2 is 1.91 bits per heavy atom. The number of halogens is 4. The number of aryl methyl sites for hydroxylation is 1. The molecule has 0 saturated carbocycles. The maximum absolute atomic E-state index is 14.2. The van der Waals surface area contributed by atoms with E-state index in [2.05, 4.69) is 15.6 Å². The Hall–Kier alpha value is -4.02. The van der Waals surface area contributed by atoms with Crippen molar-refractivity contribution in [2.45, 2.75) is 6.18 Å². The molecule has 11 heteroatoms. The molecule has 0 aliphatic carbocycles. The van der Waals surface area contributed by atoms with Crippen LogP contribution in [0.5, 0.6) is 5.75 Å². The fraction of sp³-hybridized carbons (Fsp3) is 0.217. The van der Waals surface area contributed by atoms with Gasteiger partial charge >= 0.3 is 6.18 Å². The highest BCUT2D eigenvalue weighted by Crippen LogP contribution is 2.33. The molecular weight excluding hydrogens is 454 g/mol. The Balaban J connectivity index is 1.60. The van der Waals surface area contributed by atoms with E-state index in [1.54, 1.807) is 54.9 Å². The molecule has 1 aliphatic heterocycles. The van der Waals surface area contributed by atoms with Gasteiger partial charge in [0.1, 0.15) is 23.0 Å². The third-order valence-corrected chi connectivity index (χ3v) is 5.34. The van der Waals surface area contributed by atoms with Crippen molar-refractivity contribution < 1.29 is 27.1 Å². The van der Waals surface area contributed by atoms with Crippen LogP contribution in [0.15, 0.2) is 60.0 Å². The first-order valence-electron chi connectivity index (χ1n) is 10.2. The molecule has 4 rings (SSSR count). The van der Waals surface area contributed by atoms with Crippen LogP contribution in [0.3, 0.4) is 0 Å². The highest BCUT2D eigenvalue weighted by atomic mass is 19.4. The van der Waals surface area contributed by atoms with Gasteiger partial charge in [-0.05, 0) is 36.4 Å². The van der Waals surface area contributed by atoms with Crippen LogP contribution in [0, 0.1) is 5.82 Å². The summed E-state index contributed by atoms with van der Waals surface area (Å²) in [5.41, 5.74) is 0.281. The molecule has 0 bridgehead atoms. The smallest absolute Gasteiger partial charge is 0.416 e. The van der Waals surface area contributed by atoms with Crippen molar-refractivity contribution in [3.8, 4) is 5.75 Å². The molecule has 0 atom stereocenters. The summed E-state index contributed by atoms with van der Waals surface area (Å²) < 4.78 is 60.7. The molecule has 3 aromatic rings. The fourth-order valence-electron chi connectivity index (χ4n) is 3.48. The van der Waals surface area contributed by atoms with Crippen molar-refractivity contribution in [2.24, 2.45) is 7.05 Å². The number of nitrogens with zero attached hydrogens (tertiary/aromatic N) is 3. The van der Waals surface area contributed by atoms with Gasteiger partial charge < -0.3 is 24.8 Å². The van der Waals surface area contributed by atoms with Crippen molar-refractivity contribution in [3.05, 3.63) is 71.4 Å². The third-order valence-electron chi connectivity index (χ3n) is 5.34. The van der Waals surface area contributed by atoms with Crippen LogP contribution in [0.4, 0.5) is 29.2 Å². The van der Waals surface area contributed by atoms with Crippen LogP contribution in [-0.2, 0) is 18.0 Å². The SMILES string of the molecule is CNC(=O)C1=CC(Oc2ccc3c(c2)nc(Nc2cc(C(F)(F)F)ccc2F)n3C)=CCN1C. The number of hydrogen-bond acceptors (Lipinski definition) is 5. The molecule has 1 aliphatic rings. The summed E-state index contributed by atoms with van der Waals surface area (Å²) in [6.07, 6.45) is -1.16. The first-order chi connectivity index (χ1) is 16.1. The Morgan fingerprint density at radius 1 is 1.15 bits per heavy atom. The van der Waals surface area contributed by atoms with Gasteiger partial charge in [0.25, 0.3) is 5.91 Å². The average Bonchev–Trinajstić information content (AvgIpc) is 3.09. The standard InChI is InChI=1S/C23H21F4N5O2/c1-28-21(33)20-12-15(8-9-31(20)2)34-14-5-7-19-18(11-14)30-22(32(19)3)29-17-10-13(23(25,26)27)4-6-16(17)24/h4-8,10-12H,9H2,1-3H3,(H,28,33)(H,29,30). The van der Waals surface area contributed by atoms with Crippen molar-refractivity contribution >= 4 is 28.6 Å². The van der Waals surface area contributed by atoms with Gasteiger partial charge in [0.2, 0.25) is 5.95 Å².